The van der Waals surface area contributed by atoms with Crippen molar-refractivity contribution >= 4 is 25.1 Å². The molecule has 12 heavy (non-hydrogen) atoms. The van der Waals surface area contributed by atoms with Crippen molar-refractivity contribution in [2.24, 2.45) is 0 Å². The van der Waals surface area contributed by atoms with Crippen LogP contribution in [0.4, 0.5) is 0 Å². The lowest BCUT2D eigenvalue weighted by atomic mass is 9.73. The largest absolute Gasteiger partial charge is 0.412 e. The van der Waals surface area contributed by atoms with Crippen molar-refractivity contribution in [1.82, 2.24) is 0 Å². The van der Waals surface area contributed by atoms with E-state index in [-0.39, 0.29) is 23.4 Å². The molecule has 5 heteroatoms. The molecule has 1 rings (SSSR count). The average molecular weight is 186 g/mol. The summed E-state index contributed by atoms with van der Waals surface area (Å²) in [6, 6.07) is 9.52. The Kier molecular flexibility index (Phi) is 14.3. The van der Waals surface area contributed by atoms with Crippen LogP contribution in [0.5, 0.6) is 0 Å². The first-order chi connectivity index (χ1) is 4.43. The van der Waals surface area contributed by atoms with Crippen LogP contribution in [0.3, 0.4) is 0 Å². The van der Waals surface area contributed by atoms with Crippen LogP contribution in [0.15, 0.2) is 30.3 Å². The lowest BCUT2D eigenvalue weighted by molar-refractivity contribution is 0.823. The van der Waals surface area contributed by atoms with Crippen molar-refractivity contribution in [2.75, 3.05) is 0 Å². The molecule has 0 aliphatic heterocycles. The molecule has 0 saturated carbocycles. The normalized spacial score (nSPS) is 5.92. The number of nitriles is 1. The summed E-state index contributed by atoms with van der Waals surface area (Å²) in [5.74, 6) is 1.96. The minimum atomic E-state index is 0. The predicted octanol–water partition coefficient (Wildman–Crippen LogP) is -0.730. The highest BCUT2D eigenvalue weighted by molar-refractivity contribution is 6.60. The van der Waals surface area contributed by atoms with E-state index in [9.17, 15) is 0 Å². The summed E-state index contributed by atoms with van der Waals surface area (Å²) in [6.45, 7) is 0. The zero-order valence-corrected chi connectivity index (χ0v) is 7.14. The van der Waals surface area contributed by atoms with Gasteiger partial charge in [-0.05, 0) is 0 Å². The van der Waals surface area contributed by atoms with E-state index in [1.165, 1.54) is 7.28 Å². The van der Waals surface area contributed by atoms with E-state index in [0.29, 0.717) is 0 Å². The summed E-state index contributed by atoms with van der Waals surface area (Å²) < 4.78 is 0. The highest BCUT2D eigenvalue weighted by atomic mass is 35.5. The van der Waals surface area contributed by atoms with Crippen LogP contribution in [-0.4, -0.2) is 18.2 Å². The molecular formula is C7H10BClNO2. The van der Waals surface area contributed by atoms with Crippen molar-refractivity contribution in [2.45, 2.75) is 0 Å². The lowest BCUT2D eigenvalue weighted by Gasteiger charge is -1.86. The van der Waals surface area contributed by atoms with Gasteiger partial charge in [0.2, 0.25) is 0 Å². The Morgan fingerprint density at radius 2 is 1.58 bits per heavy atom. The molecule has 0 bridgehead atoms. The van der Waals surface area contributed by atoms with Gasteiger partial charge >= 0.3 is 0 Å². The number of benzene rings is 1. The zero-order chi connectivity index (χ0) is 6.53. The Morgan fingerprint density at radius 3 is 2.00 bits per heavy atom. The van der Waals surface area contributed by atoms with Gasteiger partial charge in [0, 0.05) is 5.97 Å². The van der Waals surface area contributed by atoms with Gasteiger partial charge in [-0.15, -0.1) is 12.4 Å². The fourth-order valence-corrected chi connectivity index (χ4v) is 0.624. The molecule has 0 heterocycles. The van der Waals surface area contributed by atoms with E-state index in [4.69, 9.17) is 5.26 Å². The quantitative estimate of drug-likeness (QED) is 0.532. The first kappa shape index (κ1) is 17.2. The molecule has 4 N–H and O–H groups in total. The van der Waals surface area contributed by atoms with Crippen molar-refractivity contribution in [3.05, 3.63) is 30.3 Å². The molecule has 0 amide bonds. The standard InChI is InChI=1S/C7H5BN.ClH.2H2O/c9-6-8-7-4-2-1-3-5-7;;;/h1-5H;1H;2*1H2. The number of hydrogen-bond acceptors (Lipinski definition) is 1. The zero-order valence-electron chi connectivity index (χ0n) is 6.32. The molecule has 0 aliphatic carbocycles. The summed E-state index contributed by atoms with van der Waals surface area (Å²) in [7, 11) is 1.51. The molecule has 1 aromatic rings. The molecule has 1 aromatic carbocycles. The van der Waals surface area contributed by atoms with Crippen LogP contribution in [0.2, 0.25) is 0 Å². The van der Waals surface area contributed by atoms with Gasteiger partial charge in [0.15, 0.2) is 0 Å². The third-order valence-corrected chi connectivity index (χ3v) is 1.03. The van der Waals surface area contributed by atoms with Gasteiger partial charge in [-0.2, -0.15) is 0 Å². The fourth-order valence-electron chi connectivity index (χ4n) is 0.624. The number of halogens is 1. The Hall–Kier alpha value is -1.02. The second-order valence-corrected chi connectivity index (χ2v) is 1.68. The Labute approximate surface area is 78.3 Å². The summed E-state index contributed by atoms with van der Waals surface area (Å²) >= 11 is 0. The third kappa shape index (κ3) is 5.75. The van der Waals surface area contributed by atoms with Gasteiger partial charge < -0.3 is 11.0 Å². The van der Waals surface area contributed by atoms with Gasteiger partial charge in [0.1, 0.15) is 0 Å². The predicted molar refractivity (Wildman–Crippen MR) is 51.9 cm³/mol. The van der Waals surface area contributed by atoms with E-state index in [2.05, 4.69) is 0 Å². The van der Waals surface area contributed by atoms with Crippen molar-refractivity contribution in [3.63, 3.8) is 0 Å². The summed E-state index contributed by atoms with van der Waals surface area (Å²) in [6.07, 6.45) is 0. The van der Waals surface area contributed by atoms with Crippen LogP contribution in [0.25, 0.3) is 0 Å². The number of nitrogens with zero attached hydrogens (tertiary/aromatic N) is 1. The highest BCUT2D eigenvalue weighted by Gasteiger charge is 1.88. The van der Waals surface area contributed by atoms with Crippen LogP contribution in [0, 0.1) is 11.2 Å². The Bertz CT molecular complexity index is 225. The Morgan fingerprint density at radius 1 is 1.08 bits per heavy atom. The first-order valence-corrected chi connectivity index (χ1v) is 2.71. The topological polar surface area (TPSA) is 86.8 Å². The molecule has 0 fully saturated rings. The SMILES string of the molecule is Cl.N#C[B]c1ccccc1.O.O. The van der Waals surface area contributed by atoms with Crippen LogP contribution < -0.4 is 5.46 Å². The summed E-state index contributed by atoms with van der Waals surface area (Å²) in [5, 5.41) is 8.21. The number of rotatable bonds is 1. The van der Waals surface area contributed by atoms with Gasteiger partial charge in [0.05, 0.1) is 0 Å². The molecule has 0 saturated heterocycles. The van der Waals surface area contributed by atoms with E-state index in [0.717, 1.165) is 5.46 Å². The molecule has 0 unspecified atom stereocenters. The summed E-state index contributed by atoms with van der Waals surface area (Å²) in [4.78, 5) is 0. The van der Waals surface area contributed by atoms with Crippen molar-refractivity contribution in [3.8, 4) is 5.97 Å². The van der Waals surface area contributed by atoms with E-state index in [1.54, 1.807) is 0 Å². The van der Waals surface area contributed by atoms with Crippen molar-refractivity contribution in [1.29, 1.82) is 5.26 Å². The first-order valence-electron chi connectivity index (χ1n) is 2.71. The maximum absolute atomic E-state index is 8.21. The molecule has 3 nitrogen and oxygen atoms in total. The Balaban J connectivity index is -0.000000270. The van der Waals surface area contributed by atoms with E-state index < -0.39 is 0 Å². The van der Waals surface area contributed by atoms with Gasteiger partial charge in [0.25, 0.3) is 7.28 Å². The maximum Gasteiger partial charge on any atom is 0.291 e. The average Bonchev–Trinajstić information content (AvgIpc) is 1.91. The molecule has 0 aromatic heterocycles. The monoisotopic (exact) mass is 186 g/mol. The molecule has 0 spiro atoms. The highest BCUT2D eigenvalue weighted by Crippen LogP contribution is 1.79. The van der Waals surface area contributed by atoms with E-state index >= 15 is 0 Å². The fraction of sp³-hybridized carbons (Fsp3) is 0. The van der Waals surface area contributed by atoms with Crippen molar-refractivity contribution < 1.29 is 11.0 Å². The third-order valence-electron chi connectivity index (χ3n) is 1.03. The van der Waals surface area contributed by atoms with Crippen LogP contribution in [-0.2, 0) is 0 Å². The van der Waals surface area contributed by atoms with E-state index in [1.807, 2.05) is 36.3 Å². The lowest BCUT2D eigenvalue weighted by Crippen LogP contribution is -2.10. The summed E-state index contributed by atoms with van der Waals surface area (Å²) in [5.41, 5.74) is 0.958. The smallest absolute Gasteiger partial charge is 0.291 e. The second-order valence-electron chi connectivity index (χ2n) is 1.68. The molecule has 0 aliphatic rings. The second kappa shape index (κ2) is 9.98. The minimum Gasteiger partial charge on any atom is -0.412 e. The minimum absolute atomic E-state index is 0. The van der Waals surface area contributed by atoms with Crippen LogP contribution in [0.1, 0.15) is 0 Å². The van der Waals surface area contributed by atoms with Gasteiger partial charge in [-0.3, -0.25) is 0 Å². The molecule has 1 radical (unpaired) electrons. The van der Waals surface area contributed by atoms with Gasteiger partial charge in [-0.25, -0.2) is 5.26 Å². The maximum atomic E-state index is 8.21. The molecular weight excluding hydrogens is 176 g/mol. The molecule has 65 valence electrons. The van der Waals surface area contributed by atoms with Crippen LogP contribution >= 0.6 is 12.4 Å². The number of hydrogen-bond donors (Lipinski definition) is 0. The molecule has 0 atom stereocenters. The van der Waals surface area contributed by atoms with Gasteiger partial charge in [-0.1, -0.05) is 35.8 Å².